The first-order chi connectivity index (χ1) is 13.4. The molecule has 1 aliphatic carbocycles. The third-order valence-corrected chi connectivity index (χ3v) is 5.02. The molecule has 2 aromatic heterocycles. The van der Waals surface area contributed by atoms with E-state index in [-0.39, 0.29) is 23.6 Å². The SMILES string of the molecule is CC(=O)N(c1ccnc(N[C@@H](C)c2cc3cc(Cl)ccc3[nH]c2=O)n1)C1CC1. The van der Waals surface area contributed by atoms with Crippen molar-refractivity contribution in [3.05, 3.63) is 57.5 Å². The average molecular weight is 398 g/mol. The van der Waals surface area contributed by atoms with Crippen molar-refractivity contribution in [3.8, 4) is 0 Å². The largest absolute Gasteiger partial charge is 0.347 e. The summed E-state index contributed by atoms with van der Waals surface area (Å²) in [6.07, 6.45) is 3.58. The molecule has 8 heteroatoms. The highest BCUT2D eigenvalue weighted by Crippen LogP contribution is 2.31. The number of benzene rings is 1. The van der Waals surface area contributed by atoms with Crippen molar-refractivity contribution < 1.29 is 4.79 Å². The summed E-state index contributed by atoms with van der Waals surface area (Å²) in [5, 5.41) is 4.61. The van der Waals surface area contributed by atoms with Gasteiger partial charge < -0.3 is 10.3 Å². The number of halogens is 1. The molecular weight excluding hydrogens is 378 g/mol. The fraction of sp³-hybridized carbons (Fsp3) is 0.300. The molecule has 0 spiro atoms. The molecule has 2 N–H and O–H groups in total. The van der Waals surface area contributed by atoms with Crippen LogP contribution in [0.3, 0.4) is 0 Å². The zero-order chi connectivity index (χ0) is 19.8. The van der Waals surface area contributed by atoms with Crippen LogP contribution >= 0.6 is 11.6 Å². The van der Waals surface area contributed by atoms with Crippen molar-refractivity contribution in [1.82, 2.24) is 15.0 Å². The number of fused-ring (bicyclic) bond motifs is 1. The van der Waals surface area contributed by atoms with Crippen LogP contribution in [0.15, 0.2) is 41.3 Å². The van der Waals surface area contributed by atoms with E-state index in [1.165, 1.54) is 6.92 Å². The predicted molar refractivity (Wildman–Crippen MR) is 110 cm³/mol. The van der Waals surface area contributed by atoms with Gasteiger partial charge in [-0.25, -0.2) is 4.98 Å². The number of aromatic nitrogens is 3. The Bertz CT molecular complexity index is 1110. The number of carbonyl (C=O) groups excluding carboxylic acids is 1. The molecule has 144 valence electrons. The number of nitrogens with one attached hydrogen (secondary N) is 2. The van der Waals surface area contributed by atoms with Crippen molar-refractivity contribution in [2.24, 2.45) is 0 Å². The Morgan fingerprint density at radius 2 is 2.11 bits per heavy atom. The minimum Gasteiger partial charge on any atom is -0.347 e. The lowest BCUT2D eigenvalue weighted by atomic mass is 10.1. The Kier molecular flexibility index (Phi) is 4.77. The summed E-state index contributed by atoms with van der Waals surface area (Å²) in [5.74, 6) is 0.893. The zero-order valence-corrected chi connectivity index (χ0v) is 16.3. The average Bonchev–Trinajstić information content (AvgIpc) is 3.46. The van der Waals surface area contributed by atoms with Crippen LogP contribution in [0, 0.1) is 0 Å². The second-order valence-electron chi connectivity index (χ2n) is 7.01. The topological polar surface area (TPSA) is 91.0 Å². The van der Waals surface area contributed by atoms with Crippen LogP contribution < -0.4 is 15.8 Å². The maximum absolute atomic E-state index is 12.5. The second kappa shape index (κ2) is 7.24. The molecule has 0 radical (unpaired) electrons. The number of rotatable bonds is 5. The highest BCUT2D eigenvalue weighted by Gasteiger charge is 2.33. The monoisotopic (exact) mass is 397 g/mol. The third-order valence-electron chi connectivity index (χ3n) is 4.79. The number of hydrogen-bond donors (Lipinski definition) is 2. The van der Waals surface area contributed by atoms with E-state index in [1.807, 2.05) is 13.0 Å². The quantitative estimate of drug-likeness (QED) is 0.685. The highest BCUT2D eigenvalue weighted by molar-refractivity contribution is 6.31. The molecule has 1 aromatic carbocycles. The molecule has 1 amide bonds. The number of carbonyl (C=O) groups is 1. The number of pyridine rings is 1. The van der Waals surface area contributed by atoms with E-state index in [0.29, 0.717) is 22.4 Å². The third kappa shape index (κ3) is 3.71. The summed E-state index contributed by atoms with van der Waals surface area (Å²) in [4.78, 5) is 37.7. The zero-order valence-electron chi connectivity index (χ0n) is 15.6. The first-order valence-corrected chi connectivity index (χ1v) is 9.52. The van der Waals surface area contributed by atoms with Gasteiger partial charge in [0.05, 0.1) is 6.04 Å². The molecule has 7 nitrogen and oxygen atoms in total. The number of amides is 1. The van der Waals surface area contributed by atoms with Gasteiger partial charge >= 0.3 is 0 Å². The fourth-order valence-electron chi connectivity index (χ4n) is 3.28. The van der Waals surface area contributed by atoms with Crippen LogP contribution in [0.25, 0.3) is 10.9 Å². The van der Waals surface area contributed by atoms with Gasteiger partial charge in [0.2, 0.25) is 11.9 Å². The van der Waals surface area contributed by atoms with Crippen LogP contribution in [0.1, 0.15) is 38.3 Å². The van der Waals surface area contributed by atoms with Gasteiger partial charge in [-0.3, -0.25) is 14.5 Å². The summed E-state index contributed by atoms with van der Waals surface area (Å²) < 4.78 is 0. The predicted octanol–water partition coefficient (Wildman–Crippen LogP) is 3.66. The minimum atomic E-state index is -0.339. The number of nitrogens with zero attached hydrogens (tertiary/aromatic N) is 3. The van der Waals surface area contributed by atoms with Crippen LogP contribution in [-0.4, -0.2) is 26.9 Å². The van der Waals surface area contributed by atoms with E-state index in [9.17, 15) is 9.59 Å². The summed E-state index contributed by atoms with van der Waals surface area (Å²) in [7, 11) is 0. The van der Waals surface area contributed by atoms with Gasteiger partial charge in [-0.1, -0.05) is 11.6 Å². The Balaban J connectivity index is 1.62. The van der Waals surface area contributed by atoms with Crippen molar-refractivity contribution in [2.45, 2.75) is 38.8 Å². The fourth-order valence-corrected chi connectivity index (χ4v) is 3.46. The smallest absolute Gasteiger partial charge is 0.253 e. The Labute approximate surface area is 166 Å². The van der Waals surface area contributed by atoms with E-state index >= 15 is 0 Å². The van der Waals surface area contributed by atoms with Crippen LogP contribution in [-0.2, 0) is 4.79 Å². The standard InChI is InChI=1S/C20H20ClN5O2/c1-11(16-10-13-9-14(21)3-6-17(13)24-19(16)28)23-20-22-8-7-18(25-20)26(12(2)27)15-4-5-15/h3,6-11,15H,4-5H2,1-2H3,(H,24,28)(H,22,23,25)/t11-/m0/s1. The molecule has 1 saturated carbocycles. The first kappa shape index (κ1) is 18.4. The van der Waals surface area contributed by atoms with E-state index in [2.05, 4.69) is 20.3 Å². The molecule has 28 heavy (non-hydrogen) atoms. The van der Waals surface area contributed by atoms with Crippen molar-refractivity contribution in [1.29, 1.82) is 0 Å². The highest BCUT2D eigenvalue weighted by atomic mass is 35.5. The lowest BCUT2D eigenvalue weighted by molar-refractivity contribution is -0.116. The molecule has 4 rings (SSSR count). The van der Waals surface area contributed by atoms with E-state index in [0.717, 1.165) is 23.7 Å². The number of aromatic amines is 1. The lowest BCUT2D eigenvalue weighted by Gasteiger charge is -2.20. The van der Waals surface area contributed by atoms with E-state index < -0.39 is 0 Å². The maximum atomic E-state index is 12.5. The first-order valence-electron chi connectivity index (χ1n) is 9.14. The summed E-state index contributed by atoms with van der Waals surface area (Å²) in [6, 6.07) is 8.73. The molecule has 1 fully saturated rings. The van der Waals surface area contributed by atoms with Crippen molar-refractivity contribution in [3.63, 3.8) is 0 Å². The maximum Gasteiger partial charge on any atom is 0.253 e. The van der Waals surface area contributed by atoms with Gasteiger partial charge in [-0.05, 0) is 50.1 Å². The molecule has 2 heterocycles. The van der Waals surface area contributed by atoms with Crippen LogP contribution in [0.2, 0.25) is 5.02 Å². The lowest BCUT2D eigenvalue weighted by Crippen LogP contribution is -2.31. The van der Waals surface area contributed by atoms with Gasteiger partial charge in [0.25, 0.3) is 5.56 Å². The van der Waals surface area contributed by atoms with E-state index in [4.69, 9.17) is 11.6 Å². The summed E-state index contributed by atoms with van der Waals surface area (Å²) in [5.41, 5.74) is 1.09. The Morgan fingerprint density at radius 3 is 2.82 bits per heavy atom. The number of H-pyrrole nitrogens is 1. The normalized spacial score (nSPS) is 14.7. The second-order valence-corrected chi connectivity index (χ2v) is 7.45. The number of hydrogen-bond acceptors (Lipinski definition) is 5. The van der Waals surface area contributed by atoms with Crippen LogP contribution in [0.5, 0.6) is 0 Å². The van der Waals surface area contributed by atoms with Crippen molar-refractivity contribution >= 4 is 40.2 Å². The molecule has 0 bridgehead atoms. The van der Waals surface area contributed by atoms with Gasteiger partial charge in [-0.15, -0.1) is 0 Å². The Hall–Kier alpha value is -2.93. The minimum absolute atomic E-state index is 0.0388. The van der Waals surface area contributed by atoms with Gasteiger partial charge in [0.1, 0.15) is 5.82 Å². The molecule has 3 aromatic rings. The molecule has 1 aliphatic rings. The molecular formula is C20H20ClN5O2. The molecule has 1 atom stereocenters. The molecule has 0 aliphatic heterocycles. The van der Waals surface area contributed by atoms with Gasteiger partial charge in [0.15, 0.2) is 0 Å². The summed E-state index contributed by atoms with van der Waals surface area (Å²) >= 11 is 6.06. The van der Waals surface area contributed by atoms with Crippen molar-refractivity contribution in [2.75, 3.05) is 10.2 Å². The Morgan fingerprint density at radius 1 is 1.32 bits per heavy atom. The summed E-state index contributed by atoms with van der Waals surface area (Å²) in [6.45, 7) is 3.40. The number of anilines is 2. The van der Waals surface area contributed by atoms with E-state index in [1.54, 1.807) is 35.4 Å². The molecule has 0 unspecified atom stereocenters. The van der Waals surface area contributed by atoms with Crippen LogP contribution in [0.4, 0.5) is 11.8 Å². The van der Waals surface area contributed by atoms with Gasteiger partial charge in [0, 0.05) is 40.7 Å². The van der Waals surface area contributed by atoms with Gasteiger partial charge in [-0.2, -0.15) is 4.98 Å². The molecule has 0 saturated heterocycles.